The van der Waals surface area contributed by atoms with Crippen molar-refractivity contribution in [3.8, 4) is 0 Å². The van der Waals surface area contributed by atoms with Gasteiger partial charge in [0, 0.05) is 23.1 Å². The number of benzene rings is 1. The molecule has 0 bridgehead atoms. The second-order valence-electron chi connectivity index (χ2n) is 4.89. The molecule has 0 aliphatic heterocycles. The van der Waals surface area contributed by atoms with Gasteiger partial charge in [-0.3, -0.25) is 9.00 Å². The van der Waals surface area contributed by atoms with Crippen molar-refractivity contribution in [1.82, 2.24) is 5.32 Å². The van der Waals surface area contributed by atoms with E-state index in [2.05, 4.69) is 5.32 Å². The van der Waals surface area contributed by atoms with Gasteiger partial charge in [-0.2, -0.15) is 0 Å². The molecular weight excluding hydrogens is 258 g/mol. The van der Waals surface area contributed by atoms with Gasteiger partial charge in [-0.05, 0) is 38.3 Å². The predicted octanol–water partition coefficient (Wildman–Crippen LogP) is 2.47. The number of carbonyl (C=O) groups is 1. The predicted molar refractivity (Wildman–Crippen MR) is 80.5 cm³/mol. The lowest BCUT2D eigenvalue weighted by molar-refractivity contribution is -0.120. The molecule has 0 heterocycles. The van der Waals surface area contributed by atoms with E-state index in [4.69, 9.17) is 0 Å². The Kier molecular flexibility index (Phi) is 6.22. The third-order valence-electron chi connectivity index (χ3n) is 3.12. The second kappa shape index (κ2) is 7.43. The number of amides is 1. The summed E-state index contributed by atoms with van der Waals surface area (Å²) in [5.41, 5.74) is 3.34. The summed E-state index contributed by atoms with van der Waals surface area (Å²) in [6, 6.07) is 6.12. The smallest absolute Gasteiger partial charge is 0.235 e. The average Bonchev–Trinajstić information content (AvgIpc) is 2.39. The molecule has 0 aliphatic rings. The Morgan fingerprint density at radius 1 is 1.37 bits per heavy atom. The van der Waals surface area contributed by atoms with Crippen LogP contribution < -0.4 is 5.32 Å². The molecule has 0 aromatic heterocycles. The van der Waals surface area contributed by atoms with Crippen LogP contribution in [0.3, 0.4) is 0 Å². The molecule has 19 heavy (non-hydrogen) atoms. The lowest BCUT2D eigenvalue weighted by atomic mass is 10.1. The molecule has 4 heteroatoms. The Balaban J connectivity index is 2.68. The molecule has 0 unspecified atom stereocenters. The molecule has 1 amide bonds. The first-order chi connectivity index (χ1) is 8.95. The largest absolute Gasteiger partial charge is 0.355 e. The highest BCUT2D eigenvalue weighted by atomic mass is 32.2. The van der Waals surface area contributed by atoms with Crippen LogP contribution in [0.1, 0.15) is 37.0 Å². The minimum atomic E-state index is -1.18. The molecular formula is C15H23NO2S. The average molecular weight is 281 g/mol. The maximum Gasteiger partial charge on any atom is 0.235 e. The molecule has 2 atom stereocenters. The van der Waals surface area contributed by atoms with Crippen LogP contribution in [0.4, 0.5) is 0 Å². The maximum absolute atomic E-state index is 12.2. The van der Waals surface area contributed by atoms with E-state index in [0.717, 1.165) is 23.1 Å². The van der Waals surface area contributed by atoms with Crippen molar-refractivity contribution in [1.29, 1.82) is 0 Å². The van der Waals surface area contributed by atoms with Gasteiger partial charge in [0.2, 0.25) is 5.91 Å². The highest BCUT2D eigenvalue weighted by molar-refractivity contribution is 7.85. The van der Waals surface area contributed by atoms with Gasteiger partial charge < -0.3 is 5.32 Å². The molecule has 1 rings (SSSR count). The zero-order chi connectivity index (χ0) is 14.4. The van der Waals surface area contributed by atoms with Crippen LogP contribution in [-0.4, -0.2) is 21.9 Å². The number of hydrogen-bond donors (Lipinski definition) is 1. The van der Waals surface area contributed by atoms with E-state index in [0.29, 0.717) is 12.3 Å². The summed E-state index contributed by atoms with van der Waals surface area (Å²) >= 11 is 0. The minimum Gasteiger partial charge on any atom is -0.355 e. The molecule has 0 fully saturated rings. The van der Waals surface area contributed by atoms with Crippen molar-refractivity contribution in [2.75, 3.05) is 6.54 Å². The van der Waals surface area contributed by atoms with E-state index >= 15 is 0 Å². The lowest BCUT2D eigenvalue weighted by Gasteiger charge is -2.13. The molecule has 0 saturated heterocycles. The fourth-order valence-corrected chi connectivity index (χ4v) is 2.93. The van der Waals surface area contributed by atoms with Crippen LogP contribution in [0.2, 0.25) is 0 Å². The van der Waals surface area contributed by atoms with Crippen molar-refractivity contribution in [2.24, 2.45) is 0 Å². The maximum atomic E-state index is 12.2. The standard InChI is InChI=1S/C15H23NO2S/c1-5-8-16-15(17)13(4)19(18)10-14-9-11(2)6-7-12(14)3/h6-7,9,13H,5,8,10H2,1-4H3,(H,16,17)/t13-,19-/m0/s1. The zero-order valence-corrected chi connectivity index (χ0v) is 13.0. The number of aryl methyl sites for hydroxylation is 2. The van der Waals surface area contributed by atoms with Crippen LogP contribution in [0, 0.1) is 13.8 Å². The quantitative estimate of drug-likeness (QED) is 0.870. The molecule has 106 valence electrons. The first-order valence-electron chi connectivity index (χ1n) is 6.66. The Morgan fingerprint density at radius 3 is 2.68 bits per heavy atom. The van der Waals surface area contributed by atoms with E-state index in [1.807, 2.05) is 39.0 Å². The summed E-state index contributed by atoms with van der Waals surface area (Å²) in [5.74, 6) is 0.319. The van der Waals surface area contributed by atoms with Crippen LogP contribution >= 0.6 is 0 Å². The Labute approximate surface area is 118 Å². The first-order valence-corrected chi connectivity index (χ1v) is 8.05. The highest BCUT2D eigenvalue weighted by Crippen LogP contribution is 2.14. The van der Waals surface area contributed by atoms with E-state index < -0.39 is 16.0 Å². The van der Waals surface area contributed by atoms with Gasteiger partial charge in [-0.15, -0.1) is 0 Å². The number of carbonyl (C=O) groups excluding carboxylic acids is 1. The molecule has 0 saturated carbocycles. The van der Waals surface area contributed by atoms with Gasteiger partial charge in [0.05, 0.1) is 0 Å². The Morgan fingerprint density at radius 2 is 2.05 bits per heavy atom. The first kappa shape index (κ1) is 15.9. The van der Waals surface area contributed by atoms with Crippen LogP contribution in [0.5, 0.6) is 0 Å². The van der Waals surface area contributed by atoms with E-state index in [1.54, 1.807) is 6.92 Å². The molecule has 0 spiro atoms. The monoisotopic (exact) mass is 281 g/mol. The van der Waals surface area contributed by atoms with Gasteiger partial charge in [-0.1, -0.05) is 30.7 Å². The van der Waals surface area contributed by atoms with E-state index in [1.165, 1.54) is 0 Å². The fraction of sp³-hybridized carbons (Fsp3) is 0.533. The van der Waals surface area contributed by atoms with Gasteiger partial charge in [-0.25, -0.2) is 0 Å². The molecule has 0 radical (unpaired) electrons. The highest BCUT2D eigenvalue weighted by Gasteiger charge is 2.20. The van der Waals surface area contributed by atoms with Crippen molar-refractivity contribution >= 4 is 16.7 Å². The zero-order valence-electron chi connectivity index (χ0n) is 12.2. The molecule has 0 aliphatic carbocycles. The van der Waals surface area contributed by atoms with Gasteiger partial charge in [0.15, 0.2) is 0 Å². The van der Waals surface area contributed by atoms with Crippen molar-refractivity contribution < 1.29 is 9.00 Å². The number of nitrogens with one attached hydrogen (secondary N) is 1. The summed E-state index contributed by atoms with van der Waals surface area (Å²) < 4.78 is 12.2. The summed E-state index contributed by atoms with van der Waals surface area (Å²) in [6.45, 7) is 8.39. The number of rotatable bonds is 6. The molecule has 1 aromatic rings. The molecule has 3 nitrogen and oxygen atoms in total. The van der Waals surface area contributed by atoms with Gasteiger partial charge in [0.1, 0.15) is 5.25 Å². The fourth-order valence-electron chi connectivity index (χ4n) is 1.75. The SMILES string of the molecule is CCCNC(=O)[C@H](C)[S@@](=O)Cc1cc(C)ccc1C. The van der Waals surface area contributed by atoms with Crippen molar-refractivity contribution in [3.05, 3.63) is 34.9 Å². The third-order valence-corrected chi connectivity index (χ3v) is 4.71. The number of hydrogen-bond acceptors (Lipinski definition) is 2. The topological polar surface area (TPSA) is 46.2 Å². The third kappa shape index (κ3) is 4.78. The minimum absolute atomic E-state index is 0.120. The van der Waals surface area contributed by atoms with Crippen LogP contribution in [0.25, 0.3) is 0 Å². The van der Waals surface area contributed by atoms with Crippen LogP contribution in [-0.2, 0) is 21.3 Å². The van der Waals surface area contributed by atoms with Crippen molar-refractivity contribution in [2.45, 2.75) is 45.1 Å². The van der Waals surface area contributed by atoms with E-state index in [9.17, 15) is 9.00 Å². The summed E-state index contributed by atoms with van der Waals surface area (Å²) in [5, 5.41) is 2.33. The van der Waals surface area contributed by atoms with Gasteiger partial charge in [0.25, 0.3) is 0 Å². The van der Waals surface area contributed by atoms with Crippen LogP contribution in [0.15, 0.2) is 18.2 Å². The molecule has 1 N–H and O–H groups in total. The Bertz CT molecular complexity index is 471. The second-order valence-corrected chi connectivity index (χ2v) is 6.65. The summed E-state index contributed by atoms with van der Waals surface area (Å²) in [7, 11) is -1.18. The Hall–Kier alpha value is -1.16. The van der Waals surface area contributed by atoms with Gasteiger partial charge >= 0.3 is 0 Å². The lowest BCUT2D eigenvalue weighted by Crippen LogP contribution is -2.36. The summed E-state index contributed by atoms with van der Waals surface area (Å²) in [6.07, 6.45) is 0.891. The molecule has 1 aromatic carbocycles. The normalized spacial score (nSPS) is 13.9. The summed E-state index contributed by atoms with van der Waals surface area (Å²) in [4.78, 5) is 11.8. The van der Waals surface area contributed by atoms with Crippen molar-refractivity contribution in [3.63, 3.8) is 0 Å². The van der Waals surface area contributed by atoms with E-state index in [-0.39, 0.29) is 5.91 Å².